The number of anilines is 1. The van der Waals surface area contributed by atoms with Gasteiger partial charge in [0.2, 0.25) is 5.88 Å². The molecule has 0 bridgehead atoms. The normalized spacial score (nSPS) is 17.5. The second-order valence-electron chi connectivity index (χ2n) is 13.8. The van der Waals surface area contributed by atoms with E-state index in [1.54, 1.807) is 12.1 Å². The largest absolute Gasteiger partial charge is 0.476 e. The first-order valence-electron chi connectivity index (χ1n) is 14.3. The SMILES string of the molecule is C[C@@H]1CN(c2nc(-n3ccc(OCC(C)(C)C(F)(F)F)n3)ccc2C(=O)NS(=O)(=O)c2cccc([Si-](C)(C)C)c2)C(C)(C)C1. The van der Waals surface area contributed by atoms with Crippen LogP contribution in [0.5, 0.6) is 5.88 Å². The molecule has 1 N–H and O–H groups in total. The first-order valence-corrected chi connectivity index (χ1v) is 19.3. The van der Waals surface area contributed by atoms with Crippen molar-refractivity contribution in [1.29, 1.82) is 0 Å². The van der Waals surface area contributed by atoms with Crippen molar-refractivity contribution in [3.8, 4) is 11.7 Å². The molecule has 1 saturated heterocycles. The van der Waals surface area contributed by atoms with Crippen molar-refractivity contribution in [1.82, 2.24) is 19.5 Å². The second kappa shape index (κ2) is 11.5. The van der Waals surface area contributed by atoms with Crippen LogP contribution >= 0.6 is 0 Å². The lowest BCUT2D eigenvalue weighted by Gasteiger charge is -2.34. The van der Waals surface area contributed by atoms with Gasteiger partial charge >= 0.3 is 6.18 Å². The highest BCUT2D eigenvalue weighted by Crippen LogP contribution is 2.39. The molecule has 1 aromatic carbocycles. The molecule has 0 radical (unpaired) electrons. The van der Waals surface area contributed by atoms with E-state index in [1.165, 1.54) is 35.1 Å². The van der Waals surface area contributed by atoms with Gasteiger partial charge in [-0.05, 0) is 58.2 Å². The Morgan fingerprint density at radius 1 is 1.14 bits per heavy atom. The van der Waals surface area contributed by atoms with E-state index in [-0.39, 0.29) is 33.9 Å². The molecule has 14 heteroatoms. The number of pyridine rings is 1. The Morgan fingerprint density at radius 3 is 2.41 bits per heavy atom. The molecular weight excluding hydrogens is 612 g/mol. The zero-order valence-electron chi connectivity index (χ0n) is 26.3. The molecule has 1 aliphatic heterocycles. The van der Waals surface area contributed by atoms with E-state index < -0.39 is 47.7 Å². The number of carbonyl (C=O) groups excluding carboxylic acids is 1. The molecule has 241 valence electrons. The van der Waals surface area contributed by atoms with Gasteiger partial charge in [0.25, 0.3) is 15.9 Å². The van der Waals surface area contributed by atoms with Crippen LogP contribution in [0.25, 0.3) is 5.82 Å². The highest BCUT2D eigenvalue weighted by Gasteiger charge is 2.48. The van der Waals surface area contributed by atoms with Gasteiger partial charge in [-0.1, -0.05) is 25.1 Å². The number of sulfonamides is 1. The van der Waals surface area contributed by atoms with Gasteiger partial charge in [-0.2, -0.15) is 38.0 Å². The van der Waals surface area contributed by atoms with E-state index in [0.29, 0.717) is 6.54 Å². The van der Waals surface area contributed by atoms with E-state index in [1.807, 2.05) is 24.8 Å². The van der Waals surface area contributed by atoms with Crippen LogP contribution in [0.3, 0.4) is 0 Å². The average molecular weight is 652 g/mol. The van der Waals surface area contributed by atoms with Crippen molar-refractivity contribution in [2.75, 3.05) is 18.1 Å². The van der Waals surface area contributed by atoms with Gasteiger partial charge in [-0.3, -0.25) is 4.79 Å². The number of rotatable bonds is 9. The second-order valence-corrected chi connectivity index (χ2v) is 20.5. The summed E-state index contributed by atoms with van der Waals surface area (Å²) in [5.41, 5.74) is -2.41. The van der Waals surface area contributed by atoms with Crippen LogP contribution in [0.4, 0.5) is 19.0 Å². The van der Waals surface area contributed by atoms with Crippen molar-refractivity contribution in [3.63, 3.8) is 0 Å². The van der Waals surface area contributed by atoms with Crippen molar-refractivity contribution in [2.45, 2.75) is 77.3 Å². The molecule has 1 fully saturated rings. The van der Waals surface area contributed by atoms with Gasteiger partial charge in [0.05, 0.1) is 15.9 Å². The minimum absolute atomic E-state index is 0.00444. The van der Waals surface area contributed by atoms with Gasteiger partial charge in [-0.25, -0.2) is 22.8 Å². The summed E-state index contributed by atoms with van der Waals surface area (Å²) >= 11 is 0. The number of carbonyl (C=O) groups is 1. The number of benzene rings is 1. The number of nitrogens with zero attached hydrogens (tertiary/aromatic N) is 4. The third-order valence-corrected chi connectivity index (χ3v) is 11.2. The summed E-state index contributed by atoms with van der Waals surface area (Å²) < 4.78 is 75.4. The van der Waals surface area contributed by atoms with E-state index >= 15 is 0 Å². The maximum Gasteiger partial charge on any atom is 0.397 e. The fourth-order valence-corrected chi connectivity index (χ4v) is 7.42. The Kier molecular flexibility index (Phi) is 8.77. The van der Waals surface area contributed by atoms with Gasteiger partial charge < -0.3 is 9.64 Å². The molecule has 1 amide bonds. The molecular formula is C30H40F3N5O4SSi-. The van der Waals surface area contributed by atoms with Gasteiger partial charge in [0.15, 0.2) is 5.82 Å². The van der Waals surface area contributed by atoms with Crippen LogP contribution in [-0.2, 0) is 10.0 Å². The number of ether oxygens (including phenoxy) is 1. The monoisotopic (exact) mass is 651 g/mol. The highest BCUT2D eigenvalue weighted by molar-refractivity contribution is 7.90. The lowest BCUT2D eigenvalue weighted by Crippen LogP contribution is -2.41. The topological polar surface area (TPSA) is 106 Å². The van der Waals surface area contributed by atoms with Crippen LogP contribution < -0.4 is 19.5 Å². The minimum atomic E-state index is -4.45. The molecule has 0 unspecified atom stereocenters. The summed E-state index contributed by atoms with van der Waals surface area (Å²) in [6.45, 7) is 14.5. The van der Waals surface area contributed by atoms with Crippen molar-refractivity contribution < 1.29 is 31.1 Å². The Hall–Kier alpha value is -3.39. The number of hydrogen-bond acceptors (Lipinski definition) is 7. The number of alkyl halides is 3. The summed E-state index contributed by atoms with van der Waals surface area (Å²) in [7, 11) is -6.01. The molecule has 0 aliphatic carbocycles. The molecule has 1 aliphatic rings. The lowest BCUT2D eigenvalue weighted by atomic mass is 9.94. The minimum Gasteiger partial charge on any atom is -0.476 e. The van der Waals surface area contributed by atoms with Crippen LogP contribution in [0.15, 0.2) is 53.6 Å². The van der Waals surface area contributed by atoms with E-state index in [2.05, 4.69) is 36.4 Å². The third-order valence-electron chi connectivity index (χ3n) is 7.82. The van der Waals surface area contributed by atoms with Crippen LogP contribution in [0.1, 0.15) is 51.4 Å². The zero-order chi connectivity index (χ0) is 32.9. The molecule has 0 saturated carbocycles. The Bertz CT molecular complexity index is 1650. The van der Waals surface area contributed by atoms with Crippen molar-refractivity contribution in [2.24, 2.45) is 11.3 Å². The van der Waals surface area contributed by atoms with Gasteiger partial charge in [0, 0.05) is 24.3 Å². The number of hydrogen-bond donors (Lipinski definition) is 1. The molecule has 2 aromatic heterocycles. The first kappa shape index (κ1) is 33.5. The predicted molar refractivity (Wildman–Crippen MR) is 166 cm³/mol. The molecule has 0 spiro atoms. The fraction of sp³-hybridized carbons (Fsp3) is 0.500. The van der Waals surface area contributed by atoms with E-state index in [0.717, 1.165) is 25.5 Å². The zero-order valence-corrected chi connectivity index (χ0v) is 28.1. The summed E-state index contributed by atoms with van der Waals surface area (Å²) in [6, 6.07) is 11.1. The molecule has 3 heterocycles. The standard InChI is InChI=1S/C30H40F3N5O4SSi/c1-20-17-29(4,5)37(18-20)26-23(27(39)36-43(40,41)21-10-9-11-22(16-21)44(6,7)8)12-13-24(34-26)38-15-14-25(35-38)42-19-28(2,3)30(31,32)33/h9-16,20H,17-19H2,1-8H3,(H,36,39)/q-1/t20-/m0/s1. The van der Waals surface area contributed by atoms with Gasteiger partial charge in [0.1, 0.15) is 12.4 Å². The molecule has 9 nitrogen and oxygen atoms in total. The van der Waals surface area contributed by atoms with Crippen LogP contribution in [-0.4, -0.2) is 62.0 Å². The maximum absolute atomic E-state index is 13.6. The van der Waals surface area contributed by atoms with Gasteiger partial charge in [-0.15, -0.1) is 13.2 Å². The van der Waals surface area contributed by atoms with Crippen LogP contribution in [0, 0.1) is 11.3 Å². The summed E-state index contributed by atoms with van der Waals surface area (Å²) in [4.78, 5) is 20.3. The third kappa shape index (κ3) is 7.11. The number of nitrogens with one attached hydrogen (secondary N) is 1. The Labute approximate surface area is 257 Å². The Balaban J connectivity index is 1.68. The van der Waals surface area contributed by atoms with E-state index in [4.69, 9.17) is 9.72 Å². The molecule has 1 atom stereocenters. The summed E-state index contributed by atoms with van der Waals surface area (Å²) in [5.74, 6) is -0.0128. The molecule has 3 aromatic rings. The quantitative estimate of drug-likeness (QED) is 0.304. The van der Waals surface area contributed by atoms with Crippen molar-refractivity contribution >= 4 is 35.0 Å². The molecule has 4 rings (SSSR count). The van der Waals surface area contributed by atoms with Crippen LogP contribution in [0.2, 0.25) is 19.6 Å². The summed E-state index contributed by atoms with van der Waals surface area (Å²) in [5, 5.41) is 5.18. The summed E-state index contributed by atoms with van der Waals surface area (Å²) in [6.07, 6.45) is -2.14. The highest BCUT2D eigenvalue weighted by atomic mass is 32.2. The molecule has 44 heavy (non-hydrogen) atoms. The maximum atomic E-state index is 13.6. The Morgan fingerprint density at radius 2 is 1.82 bits per heavy atom. The van der Waals surface area contributed by atoms with E-state index in [9.17, 15) is 26.4 Å². The lowest BCUT2D eigenvalue weighted by molar-refractivity contribution is -0.219. The predicted octanol–water partition coefficient (Wildman–Crippen LogP) is 5.52. The first-order chi connectivity index (χ1) is 20.1. The smallest absolute Gasteiger partial charge is 0.397 e. The number of halogens is 3. The fourth-order valence-electron chi connectivity index (χ4n) is 5.12. The number of aromatic nitrogens is 3. The number of amides is 1. The average Bonchev–Trinajstić information content (AvgIpc) is 3.48. The van der Waals surface area contributed by atoms with Crippen molar-refractivity contribution in [3.05, 3.63) is 54.2 Å².